The third kappa shape index (κ3) is 3.05. The number of halogens is 3. The zero-order valence-electron chi connectivity index (χ0n) is 11.4. The number of hydrogen-bond acceptors (Lipinski definition) is 4. The van der Waals surface area contributed by atoms with Crippen LogP contribution in [0.3, 0.4) is 0 Å². The average molecular weight is 319 g/mol. The van der Waals surface area contributed by atoms with E-state index in [4.69, 9.17) is 4.42 Å². The predicted molar refractivity (Wildman–Crippen MR) is 74.0 cm³/mol. The Bertz CT molecular complexity index is 860. The van der Waals surface area contributed by atoms with Crippen LogP contribution >= 0.6 is 0 Å². The highest BCUT2D eigenvalue weighted by molar-refractivity contribution is 6.03. The SMILES string of the molecule is O=C(Nc1nnc(-c2cccc(F)c2)o1)c1c(F)cccc1F. The lowest BCUT2D eigenvalue weighted by molar-refractivity contribution is 0.101. The van der Waals surface area contributed by atoms with Crippen LogP contribution in [0, 0.1) is 17.5 Å². The Morgan fingerprint density at radius 2 is 1.70 bits per heavy atom. The van der Waals surface area contributed by atoms with Gasteiger partial charge in [0, 0.05) is 5.56 Å². The van der Waals surface area contributed by atoms with E-state index in [2.05, 4.69) is 15.5 Å². The van der Waals surface area contributed by atoms with Crippen molar-refractivity contribution in [1.82, 2.24) is 10.2 Å². The number of nitrogens with zero attached hydrogens (tertiary/aromatic N) is 2. The van der Waals surface area contributed by atoms with Crippen LogP contribution in [0.25, 0.3) is 11.5 Å². The quantitative estimate of drug-likeness (QED) is 0.803. The zero-order valence-corrected chi connectivity index (χ0v) is 11.4. The number of carbonyl (C=O) groups excluding carboxylic acids is 1. The molecule has 0 fully saturated rings. The average Bonchev–Trinajstić information content (AvgIpc) is 2.95. The van der Waals surface area contributed by atoms with Gasteiger partial charge in [-0.3, -0.25) is 10.1 Å². The molecular formula is C15H8F3N3O2. The molecule has 1 amide bonds. The van der Waals surface area contributed by atoms with E-state index in [0.29, 0.717) is 5.56 Å². The fourth-order valence-electron chi connectivity index (χ4n) is 1.89. The van der Waals surface area contributed by atoms with Crippen LogP contribution in [-0.2, 0) is 0 Å². The first-order valence-corrected chi connectivity index (χ1v) is 6.39. The predicted octanol–water partition coefficient (Wildman–Crippen LogP) is 3.41. The van der Waals surface area contributed by atoms with Crippen molar-refractivity contribution in [3.05, 3.63) is 65.5 Å². The van der Waals surface area contributed by atoms with E-state index in [1.54, 1.807) is 0 Å². The fourth-order valence-corrected chi connectivity index (χ4v) is 1.89. The minimum Gasteiger partial charge on any atom is -0.403 e. The smallest absolute Gasteiger partial charge is 0.322 e. The Labute approximate surface area is 127 Å². The summed E-state index contributed by atoms with van der Waals surface area (Å²) in [5, 5.41) is 9.26. The van der Waals surface area contributed by atoms with Crippen LogP contribution in [0.1, 0.15) is 10.4 Å². The molecule has 0 aliphatic carbocycles. The summed E-state index contributed by atoms with van der Waals surface area (Å²) in [6.07, 6.45) is 0. The van der Waals surface area contributed by atoms with Crippen LogP contribution < -0.4 is 5.32 Å². The minimum atomic E-state index is -1.07. The summed E-state index contributed by atoms with van der Waals surface area (Å²) in [5.41, 5.74) is -0.465. The molecule has 1 heterocycles. The van der Waals surface area contributed by atoms with Gasteiger partial charge in [0.25, 0.3) is 5.91 Å². The van der Waals surface area contributed by atoms with Gasteiger partial charge in [-0.2, -0.15) is 0 Å². The minimum absolute atomic E-state index is 0.0474. The molecule has 0 aliphatic heterocycles. The maximum Gasteiger partial charge on any atom is 0.322 e. The Morgan fingerprint density at radius 1 is 1.00 bits per heavy atom. The molecule has 0 bridgehead atoms. The third-order valence-corrected chi connectivity index (χ3v) is 2.91. The number of rotatable bonds is 3. The number of hydrogen-bond donors (Lipinski definition) is 1. The van der Waals surface area contributed by atoms with Crippen LogP contribution in [0.15, 0.2) is 46.9 Å². The summed E-state index contributed by atoms with van der Waals surface area (Å²) in [6.45, 7) is 0. The monoisotopic (exact) mass is 319 g/mol. The maximum atomic E-state index is 13.5. The highest BCUT2D eigenvalue weighted by Gasteiger charge is 2.19. The van der Waals surface area contributed by atoms with Crippen molar-refractivity contribution >= 4 is 11.9 Å². The number of benzene rings is 2. The van der Waals surface area contributed by atoms with E-state index in [-0.39, 0.29) is 11.9 Å². The molecule has 3 aromatic rings. The van der Waals surface area contributed by atoms with Gasteiger partial charge in [0.05, 0.1) is 0 Å². The van der Waals surface area contributed by atoms with Gasteiger partial charge in [0.1, 0.15) is 23.0 Å². The standard InChI is InChI=1S/C15H8F3N3O2/c16-9-4-1-3-8(7-9)14-20-21-15(23-14)19-13(22)12-10(17)5-2-6-11(12)18/h1-7H,(H,19,21,22). The lowest BCUT2D eigenvalue weighted by Gasteiger charge is -2.03. The molecule has 8 heteroatoms. The topological polar surface area (TPSA) is 68.0 Å². The molecule has 1 N–H and O–H groups in total. The molecule has 0 radical (unpaired) electrons. The van der Waals surface area contributed by atoms with Gasteiger partial charge >= 0.3 is 6.01 Å². The molecule has 116 valence electrons. The summed E-state index contributed by atoms with van der Waals surface area (Å²) in [6, 6.07) is 8.04. The van der Waals surface area contributed by atoms with Crippen LogP contribution in [-0.4, -0.2) is 16.1 Å². The van der Waals surface area contributed by atoms with E-state index in [0.717, 1.165) is 24.3 Å². The van der Waals surface area contributed by atoms with Crippen molar-refractivity contribution in [3.63, 3.8) is 0 Å². The van der Waals surface area contributed by atoms with Crippen LogP contribution in [0.2, 0.25) is 0 Å². The van der Waals surface area contributed by atoms with Gasteiger partial charge < -0.3 is 4.42 Å². The summed E-state index contributed by atoms with van der Waals surface area (Å²) >= 11 is 0. The van der Waals surface area contributed by atoms with Gasteiger partial charge in [0.15, 0.2) is 0 Å². The van der Waals surface area contributed by atoms with Crippen LogP contribution in [0.5, 0.6) is 0 Å². The highest BCUT2D eigenvalue weighted by atomic mass is 19.1. The number of carbonyl (C=O) groups is 1. The summed E-state index contributed by atoms with van der Waals surface area (Å²) < 4.78 is 45.3. The first-order valence-electron chi connectivity index (χ1n) is 6.39. The van der Waals surface area contributed by atoms with Crippen molar-refractivity contribution in [2.45, 2.75) is 0 Å². The molecule has 0 saturated heterocycles. The number of aromatic nitrogens is 2. The van der Waals surface area contributed by atoms with Crippen molar-refractivity contribution < 1.29 is 22.4 Å². The highest BCUT2D eigenvalue weighted by Crippen LogP contribution is 2.21. The number of amides is 1. The van der Waals surface area contributed by atoms with Gasteiger partial charge in [-0.05, 0) is 30.3 Å². The van der Waals surface area contributed by atoms with Gasteiger partial charge in [0.2, 0.25) is 5.89 Å². The van der Waals surface area contributed by atoms with Gasteiger partial charge in [-0.25, -0.2) is 13.2 Å². The zero-order chi connectivity index (χ0) is 16.4. The Hall–Kier alpha value is -3.16. The normalized spacial score (nSPS) is 10.6. The summed E-state index contributed by atoms with van der Waals surface area (Å²) in [4.78, 5) is 11.9. The van der Waals surface area contributed by atoms with E-state index < -0.39 is 28.9 Å². The number of nitrogens with one attached hydrogen (secondary N) is 1. The molecule has 5 nitrogen and oxygen atoms in total. The first-order chi connectivity index (χ1) is 11.0. The van der Waals surface area contributed by atoms with E-state index >= 15 is 0 Å². The molecule has 0 unspecified atom stereocenters. The van der Waals surface area contributed by atoms with E-state index in [9.17, 15) is 18.0 Å². The molecule has 0 saturated carbocycles. The first kappa shape index (κ1) is 14.8. The van der Waals surface area contributed by atoms with E-state index in [1.807, 2.05) is 0 Å². The van der Waals surface area contributed by atoms with Crippen molar-refractivity contribution in [3.8, 4) is 11.5 Å². The second kappa shape index (κ2) is 5.91. The Morgan fingerprint density at radius 3 is 2.39 bits per heavy atom. The molecule has 1 aromatic heterocycles. The Kier molecular flexibility index (Phi) is 3.80. The molecule has 23 heavy (non-hydrogen) atoms. The van der Waals surface area contributed by atoms with Crippen molar-refractivity contribution in [2.75, 3.05) is 5.32 Å². The van der Waals surface area contributed by atoms with Gasteiger partial charge in [-0.1, -0.05) is 17.2 Å². The second-order valence-corrected chi connectivity index (χ2v) is 4.47. The summed E-state index contributed by atoms with van der Waals surface area (Å²) in [7, 11) is 0. The second-order valence-electron chi connectivity index (χ2n) is 4.47. The molecule has 3 rings (SSSR count). The number of anilines is 1. The molecule has 0 spiro atoms. The fraction of sp³-hybridized carbons (Fsp3) is 0. The molecule has 2 aromatic carbocycles. The molecule has 0 aliphatic rings. The van der Waals surface area contributed by atoms with Gasteiger partial charge in [-0.15, -0.1) is 5.10 Å². The maximum absolute atomic E-state index is 13.5. The summed E-state index contributed by atoms with van der Waals surface area (Å²) in [5.74, 6) is -3.66. The Balaban J connectivity index is 1.83. The van der Waals surface area contributed by atoms with E-state index in [1.165, 1.54) is 18.2 Å². The molecular weight excluding hydrogens is 311 g/mol. The largest absolute Gasteiger partial charge is 0.403 e. The van der Waals surface area contributed by atoms with Crippen molar-refractivity contribution in [1.29, 1.82) is 0 Å². The third-order valence-electron chi connectivity index (χ3n) is 2.91. The lowest BCUT2D eigenvalue weighted by atomic mass is 10.2. The van der Waals surface area contributed by atoms with Crippen LogP contribution in [0.4, 0.5) is 19.2 Å². The molecule has 0 atom stereocenters. The van der Waals surface area contributed by atoms with Crippen molar-refractivity contribution in [2.24, 2.45) is 0 Å². The lowest BCUT2D eigenvalue weighted by Crippen LogP contribution is -2.16.